The smallest absolute Gasteiger partial charge is 0.264 e. The van der Waals surface area contributed by atoms with Gasteiger partial charge in [0.05, 0.1) is 10.6 Å². The Morgan fingerprint density at radius 2 is 1.84 bits per heavy atom. The van der Waals surface area contributed by atoms with Crippen molar-refractivity contribution >= 4 is 21.6 Å². The minimum absolute atomic E-state index is 0.0686. The van der Waals surface area contributed by atoms with Gasteiger partial charge in [0, 0.05) is 19.5 Å². The number of benzene rings is 2. The van der Waals surface area contributed by atoms with Gasteiger partial charge in [-0.15, -0.1) is 0 Å². The zero-order valence-corrected chi connectivity index (χ0v) is 15.2. The van der Waals surface area contributed by atoms with Crippen LogP contribution in [0.15, 0.2) is 53.4 Å². The summed E-state index contributed by atoms with van der Waals surface area (Å²) >= 11 is 0. The highest BCUT2D eigenvalue weighted by molar-refractivity contribution is 7.92. The Bertz CT molecular complexity index is 876. The molecule has 3 rings (SSSR count). The van der Waals surface area contributed by atoms with Gasteiger partial charge in [-0.1, -0.05) is 30.3 Å². The first kappa shape index (κ1) is 17.5. The highest BCUT2D eigenvalue weighted by Crippen LogP contribution is 2.36. The summed E-state index contributed by atoms with van der Waals surface area (Å²) in [5.74, 6) is -0.0686. The molecule has 0 saturated carbocycles. The molecule has 0 spiro atoms. The number of nitrogens with zero attached hydrogens (tertiary/aromatic N) is 1. The van der Waals surface area contributed by atoms with E-state index >= 15 is 0 Å². The van der Waals surface area contributed by atoms with Crippen molar-refractivity contribution in [2.24, 2.45) is 0 Å². The molecular formula is C19H22N2O3S. The van der Waals surface area contributed by atoms with E-state index < -0.39 is 10.0 Å². The van der Waals surface area contributed by atoms with Gasteiger partial charge in [-0.05, 0) is 49.1 Å². The van der Waals surface area contributed by atoms with Crippen molar-refractivity contribution in [3.05, 3.63) is 59.7 Å². The van der Waals surface area contributed by atoms with Crippen LogP contribution in [0.5, 0.6) is 0 Å². The molecule has 1 heterocycles. The number of hydrogen-bond acceptors (Lipinski definition) is 3. The van der Waals surface area contributed by atoms with Crippen molar-refractivity contribution in [3.63, 3.8) is 0 Å². The first-order valence-electron chi connectivity index (χ1n) is 8.35. The van der Waals surface area contributed by atoms with Gasteiger partial charge >= 0.3 is 0 Å². The number of para-hydroxylation sites is 1. The minimum atomic E-state index is -3.59. The number of fused-ring (bicyclic) bond motifs is 1. The second-order valence-electron chi connectivity index (χ2n) is 6.36. The molecule has 5 nitrogen and oxygen atoms in total. The van der Waals surface area contributed by atoms with E-state index in [1.54, 1.807) is 24.3 Å². The van der Waals surface area contributed by atoms with Gasteiger partial charge in [-0.2, -0.15) is 0 Å². The van der Waals surface area contributed by atoms with Crippen LogP contribution in [0.1, 0.15) is 25.0 Å². The summed E-state index contributed by atoms with van der Waals surface area (Å²) in [7, 11) is -3.59. The molecule has 0 saturated heterocycles. The summed E-state index contributed by atoms with van der Waals surface area (Å²) in [5.41, 5.74) is 2.82. The van der Waals surface area contributed by atoms with Gasteiger partial charge < -0.3 is 5.32 Å². The van der Waals surface area contributed by atoms with Gasteiger partial charge in [-0.3, -0.25) is 9.10 Å². The maximum Gasteiger partial charge on any atom is 0.264 e. The lowest BCUT2D eigenvalue weighted by Gasteiger charge is -2.24. The zero-order valence-electron chi connectivity index (χ0n) is 14.4. The van der Waals surface area contributed by atoms with Crippen LogP contribution in [-0.2, 0) is 27.7 Å². The molecule has 0 aromatic heterocycles. The quantitative estimate of drug-likeness (QED) is 0.893. The number of nitrogens with one attached hydrogen (secondary N) is 1. The van der Waals surface area contributed by atoms with Crippen molar-refractivity contribution < 1.29 is 13.2 Å². The number of carbonyl (C=O) groups is 1. The van der Waals surface area contributed by atoms with E-state index in [4.69, 9.17) is 0 Å². The van der Waals surface area contributed by atoms with Crippen molar-refractivity contribution in [2.75, 3.05) is 10.8 Å². The summed E-state index contributed by atoms with van der Waals surface area (Å²) in [5, 5.41) is 2.73. The maximum absolute atomic E-state index is 13.1. The summed E-state index contributed by atoms with van der Waals surface area (Å²) in [6, 6.07) is 14.4. The van der Waals surface area contributed by atoms with Gasteiger partial charge in [0.25, 0.3) is 10.0 Å². The molecule has 6 heteroatoms. The first-order valence-corrected chi connectivity index (χ1v) is 9.79. The molecule has 0 bridgehead atoms. The second-order valence-corrected chi connectivity index (χ2v) is 8.17. The monoisotopic (exact) mass is 358 g/mol. The summed E-state index contributed by atoms with van der Waals surface area (Å²) in [6.07, 6.45) is 1.40. The van der Waals surface area contributed by atoms with Crippen LogP contribution in [0, 0.1) is 0 Å². The summed E-state index contributed by atoms with van der Waals surface area (Å²) < 4.78 is 27.7. The lowest BCUT2D eigenvalue weighted by atomic mass is 10.1. The molecule has 132 valence electrons. The average Bonchev–Trinajstić information content (AvgIpc) is 2.91. The number of amides is 1. The van der Waals surface area contributed by atoms with Crippen molar-refractivity contribution in [3.8, 4) is 0 Å². The third kappa shape index (κ3) is 3.54. The molecule has 2 aromatic carbocycles. The van der Waals surface area contributed by atoms with E-state index in [-0.39, 0.29) is 11.9 Å². The average molecular weight is 358 g/mol. The molecule has 0 aliphatic carbocycles. The maximum atomic E-state index is 13.1. The summed E-state index contributed by atoms with van der Waals surface area (Å²) in [4.78, 5) is 11.2. The number of hydrogen-bond donors (Lipinski definition) is 1. The van der Waals surface area contributed by atoms with Crippen LogP contribution in [0.2, 0.25) is 0 Å². The lowest BCUT2D eigenvalue weighted by Crippen LogP contribution is -2.35. The minimum Gasteiger partial charge on any atom is -0.356 e. The Morgan fingerprint density at radius 1 is 1.16 bits per heavy atom. The Balaban J connectivity index is 1.82. The molecule has 0 radical (unpaired) electrons. The Morgan fingerprint density at radius 3 is 2.52 bits per heavy atom. The third-order valence-corrected chi connectivity index (χ3v) is 6.35. The van der Waals surface area contributed by atoms with Crippen molar-refractivity contribution in [2.45, 2.75) is 37.6 Å². The number of sulfonamides is 1. The Kier molecular flexibility index (Phi) is 4.81. The predicted octanol–water partition coefficient (Wildman–Crippen LogP) is 2.51. The zero-order chi connectivity index (χ0) is 18.0. The number of rotatable bonds is 5. The fourth-order valence-corrected chi connectivity index (χ4v) is 4.92. The molecule has 1 aliphatic rings. The van der Waals surface area contributed by atoms with E-state index in [1.165, 1.54) is 11.2 Å². The Hall–Kier alpha value is -2.34. The SMILES string of the molecule is CC(=O)NCCc1ccc(S(=O)(=O)N2c3ccccc3C[C@@H]2C)cc1. The van der Waals surface area contributed by atoms with Crippen LogP contribution in [0.25, 0.3) is 0 Å². The topological polar surface area (TPSA) is 66.5 Å². The fraction of sp³-hybridized carbons (Fsp3) is 0.316. The Labute approximate surface area is 148 Å². The predicted molar refractivity (Wildman–Crippen MR) is 98.1 cm³/mol. The van der Waals surface area contributed by atoms with E-state index in [9.17, 15) is 13.2 Å². The van der Waals surface area contributed by atoms with Crippen molar-refractivity contribution in [1.82, 2.24) is 5.32 Å². The van der Waals surface area contributed by atoms with Gasteiger partial charge in [0.15, 0.2) is 0 Å². The molecule has 2 aromatic rings. The molecule has 1 N–H and O–H groups in total. The molecule has 0 unspecified atom stereocenters. The highest BCUT2D eigenvalue weighted by atomic mass is 32.2. The standard InChI is InChI=1S/C19H22N2O3S/c1-14-13-17-5-3-4-6-19(17)21(14)25(23,24)18-9-7-16(8-10-18)11-12-20-15(2)22/h3-10,14H,11-13H2,1-2H3,(H,20,22)/t14-/m0/s1. The fourth-order valence-electron chi connectivity index (χ4n) is 3.23. The van der Waals surface area contributed by atoms with E-state index in [2.05, 4.69) is 5.32 Å². The van der Waals surface area contributed by atoms with Crippen LogP contribution in [-0.4, -0.2) is 26.9 Å². The van der Waals surface area contributed by atoms with Crippen LogP contribution in [0.4, 0.5) is 5.69 Å². The molecule has 25 heavy (non-hydrogen) atoms. The summed E-state index contributed by atoms with van der Waals surface area (Å²) in [6.45, 7) is 3.95. The molecule has 0 fully saturated rings. The largest absolute Gasteiger partial charge is 0.356 e. The van der Waals surface area contributed by atoms with Gasteiger partial charge in [0.1, 0.15) is 0 Å². The van der Waals surface area contributed by atoms with Crippen LogP contribution in [0.3, 0.4) is 0 Å². The van der Waals surface area contributed by atoms with E-state index in [0.29, 0.717) is 17.9 Å². The van der Waals surface area contributed by atoms with E-state index in [1.807, 2.05) is 31.2 Å². The second kappa shape index (κ2) is 6.88. The molecular weight excluding hydrogens is 336 g/mol. The van der Waals surface area contributed by atoms with Crippen LogP contribution >= 0.6 is 0 Å². The third-order valence-electron chi connectivity index (χ3n) is 4.41. The van der Waals surface area contributed by atoms with Crippen molar-refractivity contribution in [1.29, 1.82) is 0 Å². The number of carbonyl (C=O) groups excluding carboxylic acids is 1. The molecule has 1 aliphatic heterocycles. The lowest BCUT2D eigenvalue weighted by molar-refractivity contribution is -0.118. The van der Waals surface area contributed by atoms with Gasteiger partial charge in [0.2, 0.25) is 5.91 Å². The highest BCUT2D eigenvalue weighted by Gasteiger charge is 2.35. The molecule has 1 amide bonds. The normalized spacial score (nSPS) is 16.6. The number of anilines is 1. The van der Waals surface area contributed by atoms with Gasteiger partial charge in [-0.25, -0.2) is 8.42 Å². The molecule has 1 atom stereocenters. The van der Waals surface area contributed by atoms with E-state index in [0.717, 1.165) is 23.2 Å². The first-order chi connectivity index (χ1) is 11.9. The van der Waals surface area contributed by atoms with Crippen LogP contribution < -0.4 is 9.62 Å².